The summed E-state index contributed by atoms with van der Waals surface area (Å²) in [5.41, 5.74) is 12.9. The van der Waals surface area contributed by atoms with Crippen LogP contribution < -0.4 is 11.5 Å². The molecule has 2 aromatic carbocycles. The van der Waals surface area contributed by atoms with Gasteiger partial charge in [-0.15, -0.1) is 0 Å². The number of sulfone groups is 1. The van der Waals surface area contributed by atoms with E-state index in [1.54, 1.807) is 12.1 Å². The largest absolute Gasteiger partial charge is 0.397 e. The molecule has 2 aromatic rings. The second kappa shape index (κ2) is 8.18. The second-order valence-electron chi connectivity index (χ2n) is 6.97. The minimum absolute atomic E-state index is 0.0109. The normalized spacial score (nSPS) is 16.0. The molecule has 144 valence electrons. The molecule has 0 aromatic heterocycles. The van der Waals surface area contributed by atoms with E-state index in [4.69, 9.17) is 11.5 Å². The lowest BCUT2D eigenvalue weighted by molar-refractivity contribution is 0.103. The standard InChI is InChI=1S/C20H23IN2O3S/c21-15-9-7-13(8-10-15)20(24)14-11-17(22)19(23)18(12-14)27(25,26)16-5-3-1-2-4-6-16/h7-12,16H,1-6,22-23H2. The molecule has 5 nitrogen and oxygen atoms in total. The maximum atomic E-state index is 13.2. The van der Waals surface area contributed by atoms with Crippen LogP contribution in [0, 0.1) is 3.57 Å². The van der Waals surface area contributed by atoms with Crippen molar-refractivity contribution in [3.8, 4) is 0 Å². The molecule has 0 heterocycles. The zero-order chi connectivity index (χ0) is 19.6. The Kier molecular flexibility index (Phi) is 6.10. The van der Waals surface area contributed by atoms with Gasteiger partial charge in [-0.25, -0.2) is 8.42 Å². The highest BCUT2D eigenvalue weighted by Gasteiger charge is 2.31. The van der Waals surface area contributed by atoms with Crippen LogP contribution in [0.1, 0.15) is 54.4 Å². The highest BCUT2D eigenvalue weighted by atomic mass is 127. The zero-order valence-corrected chi connectivity index (χ0v) is 17.9. The van der Waals surface area contributed by atoms with Gasteiger partial charge < -0.3 is 11.5 Å². The van der Waals surface area contributed by atoms with Crippen molar-refractivity contribution in [3.05, 3.63) is 51.1 Å². The van der Waals surface area contributed by atoms with Gasteiger partial charge in [-0.1, -0.05) is 25.7 Å². The first-order chi connectivity index (χ1) is 12.8. The summed E-state index contributed by atoms with van der Waals surface area (Å²) in [5.74, 6) is -0.268. The van der Waals surface area contributed by atoms with Gasteiger partial charge in [0.15, 0.2) is 15.6 Å². The summed E-state index contributed by atoms with van der Waals surface area (Å²) >= 11 is 2.16. The smallest absolute Gasteiger partial charge is 0.193 e. The molecule has 3 rings (SSSR count). The van der Waals surface area contributed by atoms with E-state index in [0.29, 0.717) is 18.4 Å². The third-order valence-corrected chi connectivity index (χ3v) is 8.11. The molecule has 7 heteroatoms. The predicted octanol–water partition coefficient (Wildman–Crippen LogP) is 4.18. The van der Waals surface area contributed by atoms with Crippen LogP contribution in [-0.4, -0.2) is 19.5 Å². The SMILES string of the molecule is Nc1cc(C(=O)c2ccc(I)cc2)cc(S(=O)(=O)C2CCCCCC2)c1N. The fraction of sp³-hybridized carbons (Fsp3) is 0.350. The number of hydrogen-bond acceptors (Lipinski definition) is 5. The Hall–Kier alpha value is -1.61. The highest BCUT2D eigenvalue weighted by molar-refractivity contribution is 14.1. The number of carbonyl (C=O) groups is 1. The molecule has 0 spiro atoms. The van der Waals surface area contributed by atoms with Gasteiger partial charge in [0.1, 0.15) is 0 Å². The van der Waals surface area contributed by atoms with E-state index in [1.807, 2.05) is 12.1 Å². The first kappa shape index (κ1) is 20.1. The molecule has 0 atom stereocenters. The maximum Gasteiger partial charge on any atom is 0.193 e. The Bertz CT molecular complexity index is 948. The average Bonchev–Trinajstić information content (AvgIpc) is 2.94. The number of rotatable bonds is 4. The number of benzene rings is 2. The summed E-state index contributed by atoms with van der Waals surface area (Å²) in [6.45, 7) is 0. The van der Waals surface area contributed by atoms with Gasteiger partial charge in [-0.3, -0.25) is 4.79 Å². The number of carbonyl (C=O) groups excluding carboxylic acids is 1. The summed E-state index contributed by atoms with van der Waals surface area (Å²) in [4.78, 5) is 12.8. The van der Waals surface area contributed by atoms with E-state index in [9.17, 15) is 13.2 Å². The Morgan fingerprint density at radius 1 is 0.926 bits per heavy atom. The van der Waals surface area contributed by atoms with Crippen molar-refractivity contribution in [2.24, 2.45) is 0 Å². The molecule has 1 aliphatic carbocycles. The lowest BCUT2D eigenvalue weighted by Gasteiger charge is -2.18. The summed E-state index contributed by atoms with van der Waals surface area (Å²) in [7, 11) is -3.64. The van der Waals surface area contributed by atoms with Crippen LogP contribution >= 0.6 is 22.6 Å². The maximum absolute atomic E-state index is 13.2. The Labute approximate surface area is 173 Å². The molecular weight excluding hydrogens is 475 g/mol. The third-order valence-electron chi connectivity index (χ3n) is 5.09. The van der Waals surface area contributed by atoms with Gasteiger partial charge in [0.05, 0.1) is 21.5 Å². The van der Waals surface area contributed by atoms with Crippen LogP contribution in [0.15, 0.2) is 41.3 Å². The van der Waals surface area contributed by atoms with Gasteiger partial charge >= 0.3 is 0 Å². The molecule has 0 unspecified atom stereocenters. The molecule has 0 radical (unpaired) electrons. The minimum atomic E-state index is -3.64. The molecule has 27 heavy (non-hydrogen) atoms. The first-order valence-corrected chi connectivity index (χ1v) is 11.7. The van der Waals surface area contributed by atoms with Crippen LogP contribution in [0.2, 0.25) is 0 Å². The monoisotopic (exact) mass is 498 g/mol. The van der Waals surface area contributed by atoms with Gasteiger partial charge in [-0.2, -0.15) is 0 Å². The third kappa shape index (κ3) is 4.29. The van der Waals surface area contributed by atoms with Gasteiger partial charge in [-0.05, 0) is 71.8 Å². The van der Waals surface area contributed by atoms with Crippen LogP contribution in [0.3, 0.4) is 0 Å². The second-order valence-corrected chi connectivity index (χ2v) is 10.4. The summed E-state index contributed by atoms with van der Waals surface area (Å²) in [6.07, 6.45) is 5.12. The molecule has 0 aliphatic heterocycles. The van der Waals surface area contributed by atoms with Crippen molar-refractivity contribution in [3.63, 3.8) is 0 Å². The molecule has 1 saturated carbocycles. The molecule has 0 saturated heterocycles. The van der Waals surface area contributed by atoms with E-state index in [-0.39, 0.29) is 27.6 Å². The number of nitrogen functional groups attached to an aromatic ring is 2. The lowest BCUT2D eigenvalue weighted by Crippen LogP contribution is -2.23. The van der Waals surface area contributed by atoms with Crippen molar-refractivity contribution in [1.29, 1.82) is 0 Å². The fourth-order valence-electron chi connectivity index (χ4n) is 3.51. The Morgan fingerprint density at radius 3 is 2.11 bits per heavy atom. The number of ketones is 1. The van der Waals surface area contributed by atoms with Crippen LogP contribution in [0.5, 0.6) is 0 Å². The Morgan fingerprint density at radius 2 is 1.52 bits per heavy atom. The molecular formula is C20H23IN2O3S. The predicted molar refractivity (Wildman–Crippen MR) is 117 cm³/mol. The van der Waals surface area contributed by atoms with Gasteiger partial charge in [0, 0.05) is 14.7 Å². The highest BCUT2D eigenvalue weighted by Crippen LogP contribution is 2.34. The topological polar surface area (TPSA) is 103 Å². The van der Waals surface area contributed by atoms with Crippen molar-refractivity contribution in [2.45, 2.75) is 48.7 Å². The van der Waals surface area contributed by atoms with E-state index < -0.39 is 15.1 Å². The average molecular weight is 498 g/mol. The van der Waals surface area contributed by atoms with Gasteiger partial charge in [0.2, 0.25) is 0 Å². The molecule has 1 aliphatic rings. The van der Waals surface area contributed by atoms with Crippen molar-refractivity contribution >= 4 is 49.6 Å². The van der Waals surface area contributed by atoms with Crippen molar-refractivity contribution in [2.75, 3.05) is 11.5 Å². The Balaban J connectivity index is 2.03. The zero-order valence-electron chi connectivity index (χ0n) is 14.9. The number of hydrogen-bond donors (Lipinski definition) is 2. The minimum Gasteiger partial charge on any atom is -0.397 e. The van der Waals surface area contributed by atoms with Crippen LogP contribution in [-0.2, 0) is 9.84 Å². The van der Waals surface area contributed by atoms with Crippen molar-refractivity contribution in [1.82, 2.24) is 0 Å². The number of nitrogens with two attached hydrogens (primary N) is 2. The van der Waals surface area contributed by atoms with Crippen molar-refractivity contribution < 1.29 is 13.2 Å². The molecule has 4 N–H and O–H groups in total. The van der Waals surface area contributed by atoms with Crippen LogP contribution in [0.4, 0.5) is 11.4 Å². The first-order valence-electron chi connectivity index (χ1n) is 9.04. The quantitative estimate of drug-likeness (QED) is 0.285. The number of halogens is 1. The van der Waals surface area contributed by atoms with Gasteiger partial charge in [0.25, 0.3) is 0 Å². The summed E-state index contributed by atoms with van der Waals surface area (Å²) in [6, 6.07) is 9.95. The molecule has 1 fully saturated rings. The lowest BCUT2D eigenvalue weighted by atomic mass is 10.0. The summed E-state index contributed by atoms with van der Waals surface area (Å²) in [5, 5.41) is -0.467. The van der Waals surface area contributed by atoms with E-state index in [0.717, 1.165) is 29.3 Å². The summed E-state index contributed by atoms with van der Waals surface area (Å²) < 4.78 is 27.5. The number of anilines is 2. The van der Waals surface area contributed by atoms with E-state index in [1.165, 1.54) is 12.1 Å². The molecule has 0 amide bonds. The van der Waals surface area contributed by atoms with E-state index in [2.05, 4.69) is 22.6 Å². The van der Waals surface area contributed by atoms with Crippen LogP contribution in [0.25, 0.3) is 0 Å². The molecule has 0 bridgehead atoms. The van der Waals surface area contributed by atoms with E-state index >= 15 is 0 Å². The fourth-order valence-corrected chi connectivity index (χ4v) is 5.90.